The van der Waals surface area contributed by atoms with Crippen LogP contribution < -0.4 is 5.32 Å². The van der Waals surface area contributed by atoms with Gasteiger partial charge in [0.2, 0.25) is 5.91 Å². The van der Waals surface area contributed by atoms with Gasteiger partial charge >= 0.3 is 0 Å². The van der Waals surface area contributed by atoms with Gasteiger partial charge in [-0.25, -0.2) is 0 Å². The molecule has 0 fully saturated rings. The number of phenolic OH excluding ortho intramolecular Hbond substituents is 2. The highest BCUT2D eigenvalue weighted by Gasteiger charge is 2.06. The number of para-hydroxylation sites is 1. The van der Waals surface area contributed by atoms with Crippen LogP contribution in [0.15, 0.2) is 48.5 Å². The van der Waals surface area contributed by atoms with Crippen molar-refractivity contribution in [2.24, 2.45) is 0 Å². The molecule has 2 aromatic rings. The summed E-state index contributed by atoms with van der Waals surface area (Å²) >= 11 is 0. The number of aromatic hydroxyl groups is 2. The number of carbonyl (C=O) groups is 1. The normalized spacial score (nSPS) is 10.1. The van der Waals surface area contributed by atoms with Gasteiger partial charge in [-0.3, -0.25) is 4.79 Å². The first kappa shape index (κ1) is 13.0. The van der Waals surface area contributed by atoms with Gasteiger partial charge in [0.1, 0.15) is 11.5 Å². The molecule has 0 aliphatic heterocycles. The van der Waals surface area contributed by atoms with Crippen LogP contribution in [0.25, 0.3) is 0 Å². The molecule has 2 aromatic carbocycles. The van der Waals surface area contributed by atoms with Crippen LogP contribution in [0.4, 0.5) is 0 Å². The first-order valence-corrected chi connectivity index (χ1v) is 5.96. The Labute approximate surface area is 111 Å². The third kappa shape index (κ3) is 3.74. The fraction of sp³-hybridized carbons (Fsp3) is 0.133. The molecule has 0 spiro atoms. The van der Waals surface area contributed by atoms with Crippen LogP contribution in [0, 0.1) is 0 Å². The Bertz CT molecular complexity index is 581. The van der Waals surface area contributed by atoms with Crippen molar-refractivity contribution in [3.8, 4) is 11.5 Å². The van der Waals surface area contributed by atoms with Crippen molar-refractivity contribution in [2.45, 2.75) is 13.0 Å². The fourth-order valence-electron chi connectivity index (χ4n) is 1.76. The minimum Gasteiger partial charge on any atom is -0.508 e. The second-order valence-electron chi connectivity index (χ2n) is 4.25. The lowest BCUT2D eigenvalue weighted by molar-refractivity contribution is -0.120. The van der Waals surface area contributed by atoms with Crippen molar-refractivity contribution in [1.29, 1.82) is 0 Å². The highest BCUT2D eigenvalue weighted by Crippen LogP contribution is 2.16. The maximum absolute atomic E-state index is 11.7. The average molecular weight is 257 g/mol. The number of rotatable bonds is 4. The van der Waals surface area contributed by atoms with E-state index in [2.05, 4.69) is 5.32 Å². The molecular formula is C15H15NO3. The van der Waals surface area contributed by atoms with E-state index in [0.717, 1.165) is 5.56 Å². The molecule has 0 heterocycles. The van der Waals surface area contributed by atoms with Gasteiger partial charge in [0.15, 0.2) is 0 Å². The third-order valence-corrected chi connectivity index (χ3v) is 2.74. The van der Waals surface area contributed by atoms with E-state index in [0.29, 0.717) is 12.1 Å². The minimum absolute atomic E-state index is 0.120. The molecule has 0 aliphatic rings. The molecule has 0 bridgehead atoms. The molecule has 0 unspecified atom stereocenters. The molecule has 0 aliphatic carbocycles. The molecule has 4 heteroatoms. The summed E-state index contributed by atoms with van der Waals surface area (Å²) in [5, 5.41) is 21.6. The van der Waals surface area contributed by atoms with E-state index in [-0.39, 0.29) is 23.8 Å². The zero-order chi connectivity index (χ0) is 13.7. The lowest BCUT2D eigenvalue weighted by Crippen LogP contribution is -2.24. The van der Waals surface area contributed by atoms with Gasteiger partial charge in [-0.1, -0.05) is 30.3 Å². The van der Waals surface area contributed by atoms with Crippen molar-refractivity contribution >= 4 is 5.91 Å². The van der Waals surface area contributed by atoms with E-state index in [1.165, 1.54) is 0 Å². The Morgan fingerprint density at radius 1 is 1.05 bits per heavy atom. The monoisotopic (exact) mass is 257 g/mol. The lowest BCUT2D eigenvalue weighted by atomic mass is 10.1. The summed E-state index contributed by atoms with van der Waals surface area (Å²) in [6.07, 6.45) is 0.130. The standard InChI is InChI=1S/C15H15NO3/c17-13-6-3-4-11(8-13)10-16-15(19)9-12-5-1-2-7-14(12)18/h1-8,17-18H,9-10H2,(H,16,19). The SMILES string of the molecule is O=C(Cc1ccccc1O)NCc1cccc(O)c1. The molecular weight excluding hydrogens is 242 g/mol. The van der Waals surface area contributed by atoms with Crippen molar-refractivity contribution in [2.75, 3.05) is 0 Å². The number of nitrogens with one attached hydrogen (secondary N) is 1. The molecule has 0 atom stereocenters. The van der Waals surface area contributed by atoms with Crippen LogP contribution in [0.5, 0.6) is 11.5 Å². The van der Waals surface area contributed by atoms with Gasteiger partial charge in [-0.15, -0.1) is 0 Å². The third-order valence-electron chi connectivity index (χ3n) is 2.74. The van der Waals surface area contributed by atoms with E-state index in [1.54, 1.807) is 42.5 Å². The Hall–Kier alpha value is -2.49. The quantitative estimate of drug-likeness (QED) is 0.784. The Morgan fingerprint density at radius 2 is 1.84 bits per heavy atom. The molecule has 3 N–H and O–H groups in total. The summed E-state index contributed by atoms with van der Waals surface area (Å²) < 4.78 is 0. The second kappa shape index (κ2) is 5.91. The van der Waals surface area contributed by atoms with Crippen molar-refractivity contribution in [3.05, 3.63) is 59.7 Å². The topological polar surface area (TPSA) is 69.6 Å². The van der Waals surface area contributed by atoms with Gasteiger partial charge in [0.05, 0.1) is 6.42 Å². The summed E-state index contributed by atoms with van der Waals surface area (Å²) in [5.41, 5.74) is 1.42. The number of benzene rings is 2. The fourth-order valence-corrected chi connectivity index (χ4v) is 1.76. The van der Waals surface area contributed by atoms with Crippen LogP contribution in [0.2, 0.25) is 0 Å². The molecule has 4 nitrogen and oxygen atoms in total. The maximum Gasteiger partial charge on any atom is 0.224 e. The summed E-state index contributed by atoms with van der Waals surface area (Å²) in [5.74, 6) is 0.118. The van der Waals surface area contributed by atoms with Crippen molar-refractivity contribution in [3.63, 3.8) is 0 Å². The number of hydrogen-bond acceptors (Lipinski definition) is 3. The maximum atomic E-state index is 11.7. The molecule has 98 valence electrons. The van der Waals surface area contributed by atoms with Gasteiger partial charge in [-0.2, -0.15) is 0 Å². The number of hydrogen-bond donors (Lipinski definition) is 3. The second-order valence-corrected chi connectivity index (χ2v) is 4.25. The van der Waals surface area contributed by atoms with Crippen LogP contribution in [-0.4, -0.2) is 16.1 Å². The molecule has 0 saturated heterocycles. The van der Waals surface area contributed by atoms with Crippen molar-refractivity contribution < 1.29 is 15.0 Å². The largest absolute Gasteiger partial charge is 0.508 e. The summed E-state index contributed by atoms with van der Waals surface area (Å²) in [6, 6.07) is 13.5. The van der Waals surface area contributed by atoms with Crippen LogP contribution in [-0.2, 0) is 17.8 Å². The highest BCUT2D eigenvalue weighted by molar-refractivity contribution is 5.79. The van der Waals surface area contributed by atoms with Crippen LogP contribution >= 0.6 is 0 Å². The number of carbonyl (C=O) groups excluding carboxylic acids is 1. The van der Waals surface area contributed by atoms with Gasteiger partial charge < -0.3 is 15.5 Å². The highest BCUT2D eigenvalue weighted by atomic mass is 16.3. The van der Waals surface area contributed by atoms with E-state index in [4.69, 9.17) is 0 Å². The van der Waals surface area contributed by atoms with Crippen molar-refractivity contribution in [1.82, 2.24) is 5.32 Å². The molecule has 19 heavy (non-hydrogen) atoms. The first-order chi connectivity index (χ1) is 9.15. The average Bonchev–Trinajstić information content (AvgIpc) is 2.39. The summed E-state index contributed by atoms with van der Waals surface area (Å²) in [4.78, 5) is 11.7. The Morgan fingerprint density at radius 3 is 2.58 bits per heavy atom. The van der Waals surface area contributed by atoms with Gasteiger partial charge in [0.25, 0.3) is 0 Å². The van der Waals surface area contributed by atoms with E-state index in [9.17, 15) is 15.0 Å². The van der Waals surface area contributed by atoms with Gasteiger partial charge in [0, 0.05) is 12.1 Å². The molecule has 1 amide bonds. The summed E-state index contributed by atoms with van der Waals surface area (Å²) in [7, 11) is 0. The molecule has 0 saturated carbocycles. The Kier molecular flexibility index (Phi) is 4.03. The van der Waals surface area contributed by atoms with E-state index < -0.39 is 0 Å². The van der Waals surface area contributed by atoms with Crippen LogP contribution in [0.1, 0.15) is 11.1 Å². The molecule has 0 radical (unpaired) electrons. The molecule has 0 aromatic heterocycles. The predicted molar refractivity (Wildman–Crippen MR) is 71.8 cm³/mol. The van der Waals surface area contributed by atoms with E-state index >= 15 is 0 Å². The number of amides is 1. The van der Waals surface area contributed by atoms with Gasteiger partial charge in [-0.05, 0) is 23.8 Å². The first-order valence-electron chi connectivity index (χ1n) is 5.96. The zero-order valence-corrected chi connectivity index (χ0v) is 10.3. The predicted octanol–water partition coefficient (Wildman–Crippen LogP) is 1.96. The van der Waals surface area contributed by atoms with Crippen LogP contribution in [0.3, 0.4) is 0 Å². The lowest BCUT2D eigenvalue weighted by Gasteiger charge is -2.07. The Balaban J connectivity index is 1.90. The molecule has 2 rings (SSSR count). The summed E-state index contributed by atoms with van der Waals surface area (Å²) in [6.45, 7) is 0.348. The van der Waals surface area contributed by atoms with E-state index in [1.807, 2.05) is 6.07 Å². The zero-order valence-electron chi connectivity index (χ0n) is 10.3. The minimum atomic E-state index is -0.176. The number of phenols is 2. The smallest absolute Gasteiger partial charge is 0.224 e.